The Bertz CT molecular complexity index is 1340. The molecule has 8 nitrogen and oxygen atoms in total. The average molecular weight is 509 g/mol. The van der Waals surface area contributed by atoms with Crippen molar-refractivity contribution in [2.45, 2.75) is 50.1 Å². The molecule has 5 rings (SSSR count). The molecule has 0 unspecified atom stereocenters. The number of halogens is 1. The number of primary amides is 1. The van der Waals surface area contributed by atoms with Crippen molar-refractivity contribution in [1.82, 2.24) is 15.2 Å². The standard InChI is InChI=1S/C27H29ClN4O4/c1-36-22-6-2-4-18-19-15-27(12-11-20(19)30-24(18)22,26(35)32-13-3-5-21(32)25(29)34)31-23(33)14-16-7-9-17(28)10-8-16/h2,4,6-10,21,30H,3,5,11-15H2,1H3,(H2,29,34)(H,31,33)/t21-,27-/m0/s1. The zero-order valence-corrected chi connectivity index (χ0v) is 20.9. The first-order valence-corrected chi connectivity index (χ1v) is 12.5. The first-order valence-electron chi connectivity index (χ1n) is 12.1. The van der Waals surface area contributed by atoms with Crippen molar-refractivity contribution in [3.63, 3.8) is 0 Å². The van der Waals surface area contributed by atoms with Gasteiger partial charge >= 0.3 is 0 Å². The number of methoxy groups -OCH3 is 1. The summed E-state index contributed by atoms with van der Waals surface area (Å²) in [6, 6.07) is 12.2. The number of H-pyrrole nitrogens is 1. The Morgan fingerprint density at radius 1 is 1.22 bits per heavy atom. The van der Waals surface area contributed by atoms with Gasteiger partial charge in [0, 0.05) is 29.1 Å². The number of aryl methyl sites for hydroxylation is 1. The lowest BCUT2D eigenvalue weighted by Gasteiger charge is -2.40. The molecule has 36 heavy (non-hydrogen) atoms. The molecule has 0 radical (unpaired) electrons. The Hall–Kier alpha value is -3.52. The molecule has 1 saturated heterocycles. The molecule has 1 aliphatic carbocycles. The first kappa shape index (κ1) is 24.2. The normalized spacial score (nSPS) is 21.3. The van der Waals surface area contributed by atoms with Crippen LogP contribution >= 0.6 is 11.6 Å². The molecule has 3 aromatic rings. The lowest BCUT2D eigenvalue weighted by Crippen LogP contribution is -2.64. The van der Waals surface area contributed by atoms with E-state index >= 15 is 0 Å². The highest BCUT2D eigenvalue weighted by Gasteiger charge is 2.48. The van der Waals surface area contributed by atoms with Crippen molar-refractivity contribution in [3.05, 3.63) is 64.3 Å². The molecule has 2 heterocycles. The van der Waals surface area contributed by atoms with Gasteiger partial charge in [-0.15, -0.1) is 0 Å². The number of benzene rings is 2. The summed E-state index contributed by atoms with van der Waals surface area (Å²) in [4.78, 5) is 44.5. The molecule has 188 valence electrons. The van der Waals surface area contributed by atoms with E-state index in [1.165, 1.54) is 0 Å². The molecule has 0 spiro atoms. The van der Waals surface area contributed by atoms with E-state index in [1.807, 2.05) is 18.2 Å². The minimum absolute atomic E-state index is 0.111. The van der Waals surface area contributed by atoms with Crippen LogP contribution in [0.2, 0.25) is 5.02 Å². The van der Waals surface area contributed by atoms with E-state index in [4.69, 9.17) is 22.1 Å². The molecule has 1 fully saturated rings. The van der Waals surface area contributed by atoms with E-state index in [1.54, 1.807) is 36.3 Å². The van der Waals surface area contributed by atoms with Crippen molar-refractivity contribution in [2.75, 3.05) is 13.7 Å². The van der Waals surface area contributed by atoms with Crippen LogP contribution in [0.1, 0.15) is 36.1 Å². The van der Waals surface area contributed by atoms with Crippen LogP contribution in [-0.2, 0) is 33.6 Å². The van der Waals surface area contributed by atoms with Gasteiger partial charge in [-0.3, -0.25) is 14.4 Å². The topological polar surface area (TPSA) is 118 Å². The minimum Gasteiger partial charge on any atom is -0.495 e. The molecular formula is C27H29ClN4O4. The molecule has 1 aromatic heterocycles. The van der Waals surface area contributed by atoms with Crippen molar-refractivity contribution in [1.29, 1.82) is 0 Å². The third kappa shape index (κ3) is 4.30. The van der Waals surface area contributed by atoms with E-state index in [-0.39, 0.29) is 18.2 Å². The molecule has 3 amide bonds. The third-order valence-corrected chi connectivity index (χ3v) is 7.65. The number of rotatable bonds is 6. The molecule has 0 bridgehead atoms. The second-order valence-corrected chi connectivity index (χ2v) is 10.1. The van der Waals surface area contributed by atoms with Crippen LogP contribution in [0.4, 0.5) is 0 Å². The van der Waals surface area contributed by atoms with Crippen LogP contribution in [-0.4, -0.2) is 52.8 Å². The van der Waals surface area contributed by atoms with Crippen LogP contribution in [0.15, 0.2) is 42.5 Å². The number of para-hydroxylation sites is 1. The number of carbonyl (C=O) groups is 3. The van der Waals surface area contributed by atoms with E-state index in [9.17, 15) is 14.4 Å². The van der Waals surface area contributed by atoms with E-state index in [0.717, 1.165) is 33.5 Å². The number of hydrogen-bond acceptors (Lipinski definition) is 4. The third-order valence-electron chi connectivity index (χ3n) is 7.40. The number of likely N-dealkylation sites (tertiary alicyclic amines) is 1. The number of nitrogens with two attached hydrogens (primary N) is 1. The number of aromatic amines is 1. The fraction of sp³-hybridized carbons (Fsp3) is 0.370. The van der Waals surface area contributed by atoms with Crippen LogP contribution in [0.5, 0.6) is 5.75 Å². The number of amides is 3. The predicted molar refractivity (Wildman–Crippen MR) is 137 cm³/mol. The largest absolute Gasteiger partial charge is 0.495 e. The Morgan fingerprint density at radius 3 is 2.72 bits per heavy atom. The van der Waals surface area contributed by atoms with Gasteiger partial charge in [0.2, 0.25) is 17.7 Å². The van der Waals surface area contributed by atoms with Crippen molar-refractivity contribution < 1.29 is 19.1 Å². The number of hydrogen-bond donors (Lipinski definition) is 3. The Morgan fingerprint density at radius 2 is 2.00 bits per heavy atom. The number of nitrogens with one attached hydrogen (secondary N) is 2. The summed E-state index contributed by atoms with van der Waals surface area (Å²) in [5.41, 5.74) is 8.11. The summed E-state index contributed by atoms with van der Waals surface area (Å²) in [7, 11) is 1.62. The van der Waals surface area contributed by atoms with Gasteiger partial charge in [0.1, 0.15) is 17.3 Å². The lowest BCUT2D eigenvalue weighted by atomic mass is 9.78. The van der Waals surface area contributed by atoms with Gasteiger partial charge in [-0.05, 0) is 55.0 Å². The van der Waals surface area contributed by atoms with Crippen LogP contribution < -0.4 is 15.8 Å². The van der Waals surface area contributed by atoms with Gasteiger partial charge < -0.3 is 25.7 Å². The zero-order valence-electron chi connectivity index (χ0n) is 20.1. The predicted octanol–water partition coefficient (Wildman–Crippen LogP) is 2.89. The molecule has 4 N–H and O–H groups in total. The van der Waals surface area contributed by atoms with Gasteiger partial charge in [-0.25, -0.2) is 0 Å². The zero-order chi connectivity index (χ0) is 25.4. The Balaban J connectivity index is 1.51. The maximum absolute atomic E-state index is 14.1. The van der Waals surface area contributed by atoms with Crippen molar-refractivity contribution in [2.24, 2.45) is 5.73 Å². The molecule has 2 aliphatic rings. The number of nitrogens with zero attached hydrogens (tertiary/aromatic N) is 1. The highest BCUT2D eigenvalue weighted by molar-refractivity contribution is 6.30. The second-order valence-electron chi connectivity index (χ2n) is 9.63. The number of aromatic nitrogens is 1. The highest BCUT2D eigenvalue weighted by Crippen LogP contribution is 2.38. The average Bonchev–Trinajstić information content (AvgIpc) is 3.50. The smallest absolute Gasteiger partial charge is 0.249 e. The van der Waals surface area contributed by atoms with E-state index < -0.39 is 17.5 Å². The number of ether oxygens (including phenoxy) is 1. The van der Waals surface area contributed by atoms with Crippen molar-refractivity contribution >= 4 is 40.2 Å². The Kier molecular flexibility index (Phi) is 6.38. The quantitative estimate of drug-likeness (QED) is 0.474. The van der Waals surface area contributed by atoms with Crippen LogP contribution in [0.3, 0.4) is 0 Å². The number of carbonyl (C=O) groups excluding carboxylic acids is 3. The fourth-order valence-electron chi connectivity index (χ4n) is 5.64. The maximum atomic E-state index is 14.1. The van der Waals surface area contributed by atoms with E-state index in [2.05, 4.69) is 10.3 Å². The first-order chi connectivity index (χ1) is 17.3. The van der Waals surface area contributed by atoms with Gasteiger partial charge in [-0.2, -0.15) is 0 Å². The molecule has 9 heteroatoms. The molecule has 2 atom stereocenters. The SMILES string of the molecule is COc1cccc2c3c([nH]c12)CC[C@@](NC(=O)Cc1ccc(Cl)cc1)(C(=O)N1CCC[C@H]1C(N)=O)C3. The van der Waals surface area contributed by atoms with Gasteiger partial charge in [0.05, 0.1) is 19.0 Å². The minimum atomic E-state index is -1.19. The van der Waals surface area contributed by atoms with Crippen molar-refractivity contribution in [3.8, 4) is 5.75 Å². The monoisotopic (exact) mass is 508 g/mol. The summed E-state index contributed by atoms with van der Waals surface area (Å²) in [5, 5.41) is 4.64. The summed E-state index contributed by atoms with van der Waals surface area (Å²) < 4.78 is 5.53. The van der Waals surface area contributed by atoms with Gasteiger partial charge in [0.15, 0.2) is 0 Å². The number of fused-ring (bicyclic) bond motifs is 3. The van der Waals surface area contributed by atoms with Gasteiger partial charge in [0.25, 0.3) is 0 Å². The maximum Gasteiger partial charge on any atom is 0.249 e. The fourth-order valence-corrected chi connectivity index (χ4v) is 5.76. The Labute approximate surface area is 214 Å². The second kappa shape index (κ2) is 9.50. The van der Waals surface area contributed by atoms with E-state index in [0.29, 0.717) is 43.7 Å². The molecule has 0 saturated carbocycles. The molecular weight excluding hydrogens is 480 g/mol. The summed E-state index contributed by atoms with van der Waals surface area (Å²) in [6.07, 6.45) is 2.62. The lowest BCUT2D eigenvalue weighted by molar-refractivity contribution is -0.145. The highest BCUT2D eigenvalue weighted by atomic mass is 35.5. The van der Waals surface area contributed by atoms with Crippen LogP contribution in [0.25, 0.3) is 10.9 Å². The summed E-state index contributed by atoms with van der Waals surface area (Å²) in [5.74, 6) is -0.312. The van der Waals surface area contributed by atoms with Gasteiger partial charge in [-0.1, -0.05) is 35.9 Å². The van der Waals surface area contributed by atoms with Crippen LogP contribution in [0, 0.1) is 0 Å². The summed E-state index contributed by atoms with van der Waals surface area (Å²) >= 11 is 5.99. The summed E-state index contributed by atoms with van der Waals surface area (Å²) in [6.45, 7) is 0.440. The molecule has 1 aliphatic heterocycles. The molecule has 2 aromatic carbocycles.